The van der Waals surface area contributed by atoms with Gasteiger partial charge in [-0.2, -0.15) is 0 Å². The summed E-state index contributed by atoms with van der Waals surface area (Å²) < 4.78 is 0. The number of carboxylic acids is 1. The Bertz CT molecular complexity index is 552. The molecular weight excluding hydrogens is 256 g/mol. The van der Waals surface area contributed by atoms with Gasteiger partial charge in [0.1, 0.15) is 0 Å². The van der Waals surface area contributed by atoms with E-state index in [2.05, 4.69) is 5.32 Å². The second kappa shape index (κ2) is 5.15. The highest BCUT2D eigenvalue weighted by Crippen LogP contribution is 2.29. The quantitative estimate of drug-likeness (QED) is 0.848. The predicted molar refractivity (Wildman–Crippen MR) is 75.1 cm³/mol. The number of nitrogens with one attached hydrogen (secondary N) is 1. The molecule has 1 aromatic carbocycles. The van der Waals surface area contributed by atoms with Gasteiger partial charge in [-0.3, -0.25) is 4.79 Å². The number of carbonyl (C=O) groups excluding carboxylic acids is 1. The molecule has 2 aliphatic rings. The number of fused-ring (bicyclic) bond motifs is 1. The van der Waals surface area contributed by atoms with E-state index >= 15 is 0 Å². The van der Waals surface area contributed by atoms with Crippen molar-refractivity contribution in [1.29, 1.82) is 0 Å². The van der Waals surface area contributed by atoms with Gasteiger partial charge in [-0.1, -0.05) is 0 Å². The number of rotatable bonds is 5. The standard InChI is InChI=1S/C15H18N2O3/c18-14(16-8-10-1-2-10)9-17-6-5-11-7-12(15(19)20)3-4-13(11)17/h3-4,7,10H,1-2,5-6,8-9H2,(H,16,18)(H,19,20). The second-order valence-corrected chi connectivity index (χ2v) is 5.57. The van der Waals surface area contributed by atoms with Gasteiger partial charge in [0, 0.05) is 18.8 Å². The molecule has 1 aliphatic carbocycles. The van der Waals surface area contributed by atoms with Crippen LogP contribution in [0.1, 0.15) is 28.8 Å². The first kappa shape index (κ1) is 13.0. The lowest BCUT2D eigenvalue weighted by atomic mass is 10.1. The lowest BCUT2D eigenvalue weighted by molar-refractivity contribution is -0.119. The van der Waals surface area contributed by atoms with E-state index in [1.165, 1.54) is 12.8 Å². The zero-order chi connectivity index (χ0) is 14.1. The Morgan fingerprint density at radius 3 is 2.85 bits per heavy atom. The number of aromatic carboxylic acids is 1. The Labute approximate surface area is 117 Å². The number of hydrogen-bond donors (Lipinski definition) is 2. The zero-order valence-corrected chi connectivity index (χ0v) is 11.3. The summed E-state index contributed by atoms with van der Waals surface area (Å²) in [5.41, 5.74) is 2.31. The lowest BCUT2D eigenvalue weighted by Crippen LogP contribution is -2.37. The van der Waals surface area contributed by atoms with E-state index in [-0.39, 0.29) is 5.91 Å². The molecule has 5 heteroatoms. The van der Waals surface area contributed by atoms with Crippen LogP contribution in [0.2, 0.25) is 0 Å². The van der Waals surface area contributed by atoms with Crippen LogP contribution in [-0.4, -0.2) is 36.6 Å². The van der Waals surface area contributed by atoms with Crippen LogP contribution in [0.3, 0.4) is 0 Å². The highest BCUT2D eigenvalue weighted by molar-refractivity contribution is 5.89. The van der Waals surface area contributed by atoms with Crippen molar-refractivity contribution in [1.82, 2.24) is 5.32 Å². The first-order valence-corrected chi connectivity index (χ1v) is 7.01. The van der Waals surface area contributed by atoms with Gasteiger partial charge in [0.05, 0.1) is 12.1 Å². The van der Waals surface area contributed by atoms with Gasteiger partial charge in [-0.05, 0) is 48.9 Å². The van der Waals surface area contributed by atoms with E-state index in [0.29, 0.717) is 18.0 Å². The molecular formula is C15H18N2O3. The molecule has 0 radical (unpaired) electrons. The van der Waals surface area contributed by atoms with Crippen molar-refractivity contribution in [2.24, 2.45) is 5.92 Å². The molecule has 5 nitrogen and oxygen atoms in total. The third-order valence-corrected chi connectivity index (χ3v) is 3.94. The average molecular weight is 274 g/mol. The highest BCUT2D eigenvalue weighted by atomic mass is 16.4. The Kier molecular flexibility index (Phi) is 3.34. The second-order valence-electron chi connectivity index (χ2n) is 5.57. The van der Waals surface area contributed by atoms with Gasteiger partial charge in [0.15, 0.2) is 0 Å². The van der Waals surface area contributed by atoms with Crippen molar-refractivity contribution < 1.29 is 14.7 Å². The van der Waals surface area contributed by atoms with Crippen LogP contribution in [-0.2, 0) is 11.2 Å². The number of benzene rings is 1. The predicted octanol–water partition coefficient (Wildman–Crippen LogP) is 1.27. The molecule has 0 saturated heterocycles. The van der Waals surface area contributed by atoms with Gasteiger partial charge in [0.25, 0.3) is 0 Å². The average Bonchev–Trinajstić information content (AvgIpc) is 3.18. The van der Waals surface area contributed by atoms with Crippen molar-refractivity contribution in [2.45, 2.75) is 19.3 Å². The zero-order valence-electron chi connectivity index (χ0n) is 11.3. The smallest absolute Gasteiger partial charge is 0.335 e. The van der Waals surface area contributed by atoms with Gasteiger partial charge in [0.2, 0.25) is 5.91 Å². The molecule has 1 fully saturated rings. The molecule has 0 aromatic heterocycles. The Morgan fingerprint density at radius 2 is 2.15 bits per heavy atom. The summed E-state index contributed by atoms with van der Waals surface area (Å²) in [7, 11) is 0. The first-order valence-electron chi connectivity index (χ1n) is 7.01. The van der Waals surface area contributed by atoms with E-state index in [4.69, 9.17) is 5.11 Å². The van der Waals surface area contributed by atoms with Crippen molar-refractivity contribution in [2.75, 3.05) is 24.5 Å². The minimum Gasteiger partial charge on any atom is -0.478 e. The van der Waals surface area contributed by atoms with Crippen LogP contribution in [0.25, 0.3) is 0 Å². The number of carbonyl (C=O) groups is 2. The van der Waals surface area contributed by atoms with E-state index < -0.39 is 5.97 Å². The van der Waals surface area contributed by atoms with Crippen LogP contribution < -0.4 is 10.2 Å². The molecule has 1 aliphatic heterocycles. The first-order chi connectivity index (χ1) is 9.63. The Balaban J connectivity index is 1.63. The summed E-state index contributed by atoms with van der Waals surface area (Å²) >= 11 is 0. The number of hydrogen-bond acceptors (Lipinski definition) is 3. The molecule has 0 unspecified atom stereocenters. The minimum absolute atomic E-state index is 0.0482. The maximum atomic E-state index is 11.9. The van der Waals surface area contributed by atoms with E-state index in [1.807, 2.05) is 4.90 Å². The molecule has 20 heavy (non-hydrogen) atoms. The number of carboxylic acid groups (broad SMARTS) is 1. The summed E-state index contributed by atoms with van der Waals surface area (Å²) in [6.07, 6.45) is 3.25. The molecule has 0 atom stereocenters. The lowest BCUT2D eigenvalue weighted by Gasteiger charge is -2.18. The summed E-state index contributed by atoms with van der Waals surface area (Å²) in [4.78, 5) is 24.8. The molecule has 0 bridgehead atoms. The largest absolute Gasteiger partial charge is 0.478 e. The van der Waals surface area contributed by atoms with Crippen LogP contribution in [0.15, 0.2) is 18.2 Å². The van der Waals surface area contributed by atoms with Crippen LogP contribution in [0, 0.1) is 5.92 Å². The van der Waals surface area contributed by atoms with Crippen LogP contribution in [0.5, 0.6) is 0 Å². The molecule has 1 aromatic rings. The third kappa shape index (κ3) is 2.76. The molecule has 1 saturated carbocycles. The number of amides is 1. The molecule has 2 N–H and O–H groups in total. The minimum atomic E-state index is -0.909. The molecule has 1 amide bonds. The van der Waals surface area contributed by atoms with Crippen molar-refractivity contribution >= 4 is 17.6 Å². The van der Waals surface area contributed by atoms with Gasteiger partial charge < -0.3 is 15.3 Å². The van der Waals surface area contributed by atoms with Crippen LogP contribution >= 0.6 is 0 Å². The molecule has 0 spiro atoms. The van der Waals surface area contributed by atoms with Gasteiger partial charge in [-0.15, -0.1) is 0 Å². The van der Waals surface area contributed by atoms with E-state index in [0.717, 1.165) is 30.8 Å². The highest BCUT2D eigenvalue weighted by Gasteiger charge is 2.24. The van der Waals surface area contributed by atoms with Crippen molar-refractivity contribution in [3.05, 3.63) is 29.3 Å². The Morgan fingerprint density at radius 1 is 1.35 bits per heavy atom. The van der Waals surface area contributed by atoms with Gasteiger partial charge >= 0.3 is 5.97 Å². The third-order valence-electron chi connectivity index (χ3n) is 3.94. The molecule has 106 valence electrons. The van der Waals surface area contributed by atoms with Gasteiger partial charge in [-0.25, -0.2) is 4.79 Å². The Hall–Kier alpha value is -2.04. The molecule has 1 heterocycles. The monoisotopic (exact) mass is 274 g/mol. The maximum absolute atomic E-state index is 11.9. The van der Waals surface area contributed by atoms with E-state index in [1.54, 1.807) is 18.2 Å². The fraction of sp³-hybridized carbons (Fsp3) is 0.467. The molecule has 3 rings (SSSR count). The summed E-state index contributed by atoms with van der Waals surface area (Å²) in [5.74, 6) is -0.177. The fourth-order valence-corrected chi connectivity index (χ4v) is 2.58. The fourth-order valence-electron chi connectivity index (χ4n) is 2.58. The maximum Gasteiger partial charge on any atom is 0.335 e. The summed E-state index contributed by atoms with van der Waals surface area (Å²) in [5, 5.41) is 11.9. The van der Waals surface area contributed by atoms with Crippen molar-refractivity contribution in [3.63, 3.8) is 0 Å². The summed E-state index contributed by atoms with van der Waals surface area (Å²) in [6.45, 7) is 1.92. The normalized spacial score (nSPS) is 16.9. The summed E-state index contributed by atoms with van der Waals surface area (Å²) in [6, 6.07) is 5.11. The van der Waals surface area contributed by atoms with Crippen molar-refractivity contribution in [3.8, 4) is 0 Å². The number of nitrogens with zero attached hydrogens (tertiary/aromatic N) is 1. The number of anilines is 1. The SMILES string of the molecule is O=C(CN1CCc2cc(C(=O)O)ccc21)NCC1CC1. The topological polar surface area (TPSA) is 69.6 Å². The van der Waals surface area contributed by atoms with Crippen LogP contribution in [0.4, 0.5) is 5.69 Å². The van der Waals surface area contributed by atoms with E-state index in [9.17, 15) is 9.59 Å².